The fourth-order valence-electron chi connectivity index (χ4n) is 2.19. The van der Waals surface area contributed by atoms with Crippen molar-refractivity contribution in [3.63, 3.8) is 0 Å². The minimum Gasteiger partial charge on any atom is -0.336 e. The molecule has 2 unspecified atom stereocenters. The van der Waals surface area contributed by atoms with Gasteiger partial charge in [-0.15, -0.1) is 0 Å². The van der Waals surface area contributed by atoms with Gasteiger partial charge in [0.15, 0.2) is 0 Å². The minimum absolute atomic E-state index is 0.198. The van der Waals surface area contributed by atoms with E-state index in [9.17, 15) is 14.0 Å². The average Bonchev–Trinajstić information content (AvgIpc) is 2.60. The van der Waals surface area contributed by atoms with Crippen LogP contribution in [0.2, 0.25) is 0 Å². The first-order valence-electron chi connectivity index (χ1n) is 7.07. The summed E-state index contributed by atoms with van der Waals surface area (Å²) in [5.41, 5.74) is 1.09. The number of hydrogen-bond donors (Lipinski definition) is 0. The Labute approximate surface area is 129 Å². The fraction of sp³-hybridized carbons (Fsp3) is 0.222. The first-order valence-corrected chi connectivity index (χ1v) is 7.07. The van der Waals surface area contributed by atoms with E-state index >= 15 is 0 Å². The van der Waals surface area contributed by atoms with E-state index in [1.807, 2.05) is 30.3 Å². The molecule has 22 heavy (non-hydrogen) atoms. The summed E-state index contributed by atoms with van der Waals surface area (Å²) in [6.45, 7) is 1.80. The molecule has 0 aliphatic heterocycles. The molecular weight excluding hydrogens is 281 g/mol. The second-order valence-electron chi connectivity index (χ2n) is 5.13. The Hall–Kier alpha value is -2.49. The highest BCUT2D eigenvalue weighted by molar-refractivity contribution is 6.12. The van der Waals surface area contributed by atoms with Gasteiger partial charge in [-0.3, -0.25) is 9.59 Å². The summed E-state index contributed by atoms with van der Waals surface area (Å²) >= 11 is 0. The van der Waals surface area contributed by atoms with Gasteiger partial charge in [-0.1, -0.05) is 60.7 Å². The summed E-state index contributed by atoms with van der Waals surface area (Å²) < 4.78 is 14.3. The highest BCUT2D eigenvalue weighted by atomic mass is 19.1. The molecule has 4 heteroatoms. The molecule has 1 amide bonds. The topological polar surface area (TPSA) is 37.4 Å². The number of rotatable bonds is 5. The van der Waals surface area contributed by atoms with Crippen molar-refractivity contribution in [1.29, 1.82) is 0 Å². The number of carbonyl (C=O) groups excluding carboxylic acids is 2. The van der Waals surface area contributed by atoms with Gasteiger partial charge in [-0.2, -0.15) is 0 Å². The lowest BCUT2D eigenvalue weighted by atomic mass is 10.0. The number of Topliss-reactive ketones (excluding diaryl/α,β-unsaturated/α-hetero) is 1. The largest absolute Gasteiger partial charge is 0.336 e. The molecule has 0 saturated heterocycles. The maximum atomic E-state index is 14.3. The Kier molecular flexibility index (Phi) is 5.04. The van der Waals surface area contributed by atoms with Gasteiger partial charge in [-0.25, -0.2) is 4.39 Å². The summed E-state index contributed by atoms with van der Waals surface area (Å²) in [5, 5.41) is 0. The van der Waals surface area contributed by atoms with Gasteiger partial charge in [-0.05, 0) is 12.5 Å². The number of hydrogen-bond acceptors (Lipinski definition) is 2. The smallest absolute Gasteiger partial charge is 0.265 e. The van der Waals surface area contributed by atoms with Crippen LogP contribution >= 0.6 is 0 Å². The van der Waals surface area contributed by atoms with Crippen molar-refractivity contribution in [2.45, 2.75) is 19.1 Å². The molecule has 0 N–H and O–H groups in total. The van der Waals surface area contributed by atoms with Crippen LogP contribution in [0.5, 0.6) is 0 Å². The highest BCUT2D eigenvalue weighted by Crippen LogP contribution is 2.20. The monoisotopic (exact) mass is 299 g/mol. The average molecular weight is 299 g/mol. The van der Waals surface area contributed by atoms with Crippen molar-refractivity contribution in [2.24, 2.45) is 0 Å². The minimum atomic E-state index is -2.18. The van der Waals surface area contributed by atoms with Crippen molar-refractivity contribution in [3.05, 3.63) is 71.8 Å². The van der Waals surface area contributed by atoms with E-state index in [0.717, 1.165) is 5.56 Å². The lowest BCUT2D eigenvalue weighted by molar-refractivity contribution is -0.135. The SMILES string of the molecule is CC(c1ccccc1)N(C)C(=O)C(F)C(=O)c1ccccc1. The number of alkyl halides is 1. The Morgan fingerprint density at radius 1 is 0.955 bits per heavy atom. The third kappa shape index (κ3) is 3.39. The summed E-state index contributed by atoms with van der Waals surface area (Å²) in [4.78, 5) is 25.5. The Morgan fingerprint density at radius 2 is 1.45 bits per heavy atom. The molecule has 0 bridgehead atoms. The van der Waals surface area contributed by atoms with Crippen LogP contribution < -0.4 is 0 Å². The summed E-state index contributed by atoms with van der Waals surface area (Å²) in [5.74, 6) is -1.64. The van der Waals surface area contributed by atoms with E-state index in [1.54, 1.807) is 25.1 Å². The first-order chi connectivity index (χ1) is 10.5. The highest BCUT2D eigenvalue weighted by Gasteiger charge is 2.31. The quantitative estimate of drug-likeness (QED) is 0.626. The maximum absolute atomic E-state index is 14.3. The molecule has 2 atom stereocenters. The fourth-order valence-corrected chi connectivity index (χ4v) is 2.19. The van der Waals surface area contributed by atoms with Crippen LogP contribution in [0.25, 0.3) is 0 Å². The summed E-state index contributed by atoms with van der Waals surface area (Å²) in [7, 11) is 1.50. The van der Waals surface area contributed by atoms with E-state index in [0.29, 0.717) is 0 Å². The first kappa shape index (κ1) is 15.9. The summed E-state index contributed by atoms with van der Waals surface area (Å²) in [6, 6.07) is 17.0. The molecule has 2 rings (SSSR count). The number of nitrogens with zero attached hydrogens (tertiary/aromatic N) is 1. The van der Waals surface area contributed by atoms with Crippen molar-refractivity contribution in [1.82, 2.24) is 4.90 Å². The molecule has 2 aromatic rings. The van der Waals surface area contributed by atoms with Crippen LogP contribution in [0.15, 0.2) is 60.7 Å². The molecule has 3 nitrogen and oxygen atoms in total. The zero-order valence-electron chi connectivity index (χ0n) is 12.6. The van der Waals surface area contributed by atoms with Crippen molar-refractivity contribution in [2.75, 3.05) is 7.05 Å². The standard InChI is InChI=1S/C18H18FNO2/c1-13(14-9-5-3-6-10-14)20(2)18(22)16(19)17(21)15-11-7-4-8-12-15/h3-13,16H,1-2H3. The van der Waals surface area contributed by atoms with Crippen LogP contribution in [-0.4, -0.2) is 29.8 Å². The van der Waals surface area contributed by atoms with Crippen LogP contribution in [0, 0.1) is 0 Å². The number of amides is 1. The van der Waals surface area contributed by atoms with Crippen LogP contribution in [-0.2, 0) is 4.79 Å². The van der Waals surface area contributed by atoms with E-state index in [1.165, 1.54) is 24.1 Å². The zero-order chi connectivity index (χ0) is 16.1. The predicted molar refractivity (Wildman–Crippen MR) is 83.3 cm³/mol. The van der Waals surface area contributed by atoms with Gasteiger partial charge >= 0.3 is 0 Å². The van der Waals surface area contributed by atoms with E-state index in [-0.39, 0.29) is 11.6 Å². The van der Waals surface area contributed by atoms with Crippen LogP contribution in [0.1, 0.15) is 28.9 Å². The van der Waals surface area contributed by atoms with Gasteiger partial charge in [0, 0.05) is 12.6 Å². The van der Waals surface area contributed by atoms with Crippen LogP contribution in [0.3, 0.4) is 0 Å². The number of carbonyl (C=O) groups is 2. The Morgan fingerprint density at radius 3 is 2.00 bits per heavy atom. The number of halogens is 1. The molecule has 0 aliphatic rings. The van der Waals surface area contributed by atoms with Crippen molar-refractivity contribution in [3.8, 4) is 0 Å². The molecule has 2 aromatic carbocycles. The lowest BCUT2D eigenvalue weighted by Gasteiger charge is -2.26. The Balaban J connectivity index is 2.11. The molecule has 0 heterocycles. The number of benzene rings is 2. The molecule has 0 aliphatic carbocycles. The molecule has 0 aromatic heterocycles. The van der Waals surface area contributed by atoms with Crippen molar-refractivity contribution < 1.29 is 14.0 Å². The normalized spacial score (nSPS) is 13.2. The van der Waals surface area contributed by atoms with Gasteiger partial charge in [0.25, 0.3) is 5.91 Å². The second-order valence-corrected chi connectivity index (χ2v) is 5.13. The molecule has 114 valence electrons. The van der Waals surface area contributed by atoms with Gasteiger partial charge < -0.3 is 4.90 Å². The zero-order valence-corrected chi connectivity index (χ0v) is 12.6. The molecule has 0 radical (unpaired) electrons. The number of ketones is 1. The van der Waals surface area contributed by atoms with Gasteiger partial charge in [0.1, 0.15) is 0 Å². The molecular formula is C18H18FNO2. The van der Waals surface area contributed by atoms with E-state index in [2.05, 4.69) is 0 Å². The summed E-state index contributed by atoms with van der Waals surface area (Å²) in [6.07, 6.45) is -2.18. The Bertz CT molecular complexity index is 643. The lowest BCUT2D eigenvalue weighted by Crippen LogP contribution is -2.39. The van der Waals surface area contributed by atoms with E-state index < -0.39 is 17.9 Å². The third-order valence-corrected chi connectivity index (χ3v) is 3.72. The van der Waals surface area contributed by atoms with E-state index in [4.69, 9.17) is 0 Å². The predicted octanol–water partition coefficient (Wildman–Crippen LogP) is 3.43. The second kappa shape index (κ2) is 6.98. The van der Waals surface area contributed by atoms with Gasteiger partial charge in [0.2, 0.25) is 12.0 Å². The third-order valence-electron chi connectivity index (χ3n) is 3.72. The van der Waals surface area contributed by atoms with Crippen LogP contribution in [0.4, 0.5) is 4.39 Å². The molecule has 0 fully saturated rings. The maximum Gasteiger partial charge on any atom is 0.265 e. The molecule has 0 spiro atoms. The molecule has 0 saturated carbocycles. The van der Waals surface area contributed by atoms with Gasteiger partial charge in [0.05, 0.1) is 6.04 Å². The van der Waals surface area contributed by atoms with Crippen molar-refractivity contribution >= 4 is 11.7 Å².